The lowest BCUT2D eigenvalue weighted by molar-refractivity contribution is 0.122. The topological polar surface area (TPSA) is 38.2 Å². The third-order valence-electron chi connectivity index (χ3n) is 3.96. The van der Waals surface area contributed by atoms with Crippen LogP contribution in [0.1, 0.15) is 18.4 Å². The van der Waals surface area contributed by atoms with Crippen molar-refractivity contribution >= 4 is 15.9 Å². The van der Waals surface area contributed by atoms with Crippen molar-refractivity contribution in [2.75, 3.05) is 19.7 Å². The second-order valence-corrected chi connectivity index (χ2v) is 6.54. The average Bonchev–Trinajstić information content (AvgIpc) is 2.57. The highest BCUT2D eigenvalue weighted by molar-refractivity contribution is 9.10. The summed E-state index contributed by atoms with van der Waals surface area (Å²) < 4.78 is 6.95. The molecule has 22 heavy (non-hydrogen) atoms. The maximum absolute atomic E-state index is 5.76. The van der Waals surface area contributed by atoms with Crippen LogP contribution >= 0.6 is 15.9 Å². The van der Waals surface area contributed by atoms with Gasteiger partial charge in [0.25, 0.3) is 0 Å². The van der Waals surface area contributed by atoms with Gasteiger partial charge in [0, 0.05) is 35.9 Å². The second kappa shape index (κ2) is 7.70. The maximum Gasteiger partial charge on any atom is 0.232 e. The summed E-state index contributed by atoms with van der Waals surface area (Å²) in [5.41, 5.74) is 1.35. The van der Waals surface area contributed by atoms with E-state index in [0.717, 1.165) is 19.6 Å². The minimum absolute atomic E-state index is 0.554. The lowest BCUT2D eigenvalue weighted by atomic mass is 9.98. The van der Waals surface area contributed by atoms with Crippen LogP contribution in [-0.4, -0.2) is 34.6 Å². The summed E-state index contributed by atoms with van der Waals surface area (Å²) in [5, 5.41) is 0. The van der Waals surface area contributed by atoms with Crippen molar-refractivity contribution in [2.45, 2.75) is 19.4 Å². The van der Waals surface area contributed by atoms with Crippen LogP contribution in [0.4, 0.5) is 0 Å². The van der Waals surface area contributed by atoms with Crippen LogP contribution in [-0.2, 0) is 6.54 Å². The highest BCUT2D eigenvalue weighted by Gasteiger charge is 2.21. The maximum atomic E-state index is 5.76. The summed E-state index contributed by atoms with van der Waals surface area (Å²) in [6, 6.07) is 8.44. The lowest BCUT2D eigenvalue weighted by Crippen LogP contribution is -2.37. The molecule has 1 aliphatic heterocycles. The second-order valence-electron chi connectivity index (χ2n) is 5.69. The molecule has 1 aliphatic rings. The Kier molecular flexibility index (Phi) is 5.40. The third kappa shape index (κ3) is 4.27. The minimum Gasteiger partial charge on any atom is -0.476 e. The Balaban J connectivity index is 1.52. The zero-order valence-electron chi connectivity index (χ0n) is 12.5. The highest BCUT2D eigenvalue weighted by Crippen LogP contribution is 2.22. The Bertz CT molecular complexity index is 593. The largest absolute Gasteiger partial charge is 0.476 e. The molecule has 3 rings (SSSR count). The number of ether oxygens (including phenoxy) is 1. The fraction of sp³-hybridized carbons (Fsp3) is 0.412. The molecule has 0 N–H and O–H groups in total. The molecule has 0 radical (unpaired) electrons. The van der Waals surface area contributed by atoms with E-state index >= 15 is 0 Å². The van der Waals surface area contributed by atoms with Crippen LogP contribution in [0.2, 0.25) is 0 Å². The molecule has 1 unspecified atom stereocenters. The molecule has 0 bridgehead atoms. The number of hydrogen-bond donors (Lipinski definition) is 0. The van der Waals surface area contributed by atoms with E-state index in [1.165, 1.54) is 22.9 Å². The number of nitrogens with zero attached hydrogens (tertiary/aromatic N) is 3. The average molecular weight is 362 g/mol. The fourth-order valence-corrected chi connectivity index (χ4v) is 3.27. The number of piperidine rings is 1. The number of aromatic nitrogens is 2. The van der Waals surface area contributed by atoms with Gasteiger partial charge in [-0.15, -0.1) is 0 Å². The normalized spacial score (nSPS) is 19.0. The van der Waals surface area contributed by atoms with E-state index < -0.39 is 0 Å². The molecule has 1 aromatic heterocycles. The first-order valence-electron chi connectivity index (χ1n) is 7.66. The summed E-state index contributed by atoms with van der Waals surface area (Å²) in [4.78, 5) is 10.7. The van der Waals surface area contributed by atoms with E-state index in [9.17, 15) is 0 Å². The van der Waals surface area contributed by atoms with Crippen LogP contribution in [0, 0.1) is 5.92 Å². The van der Waals surface area contributed by atoms with E-state index in [1.807, 2.05) is 0 Å². The summed E-state index contributed by atoms with van der Waals surface area (Å²) in [6.07, 6.45) is 7.43. The quantitative estimate of drug-likeness (QED) is 0.816. The molecule has 5 heteroatoms. The van der Waals surface area contributed by atoms with Crippen LogP contribution < -0.4 is 4.74 Å². The molecule has 2 heterocycles. The number of hydrogen-bond acceptors (Lipinski definition) is 4. The summed E-state index contributed by atoms with van der Waals surface area (Å²) in [7, 11) is 0. The molecule has 4 nitrogen and oxygen atoms in total. The molecule has 1 fully saturated rings. The van der Waals surface area contributed by atoms with Gasteiger partial charge in [-0.3, -0.25) is 9.88 Å². The van der Waals surface area contributed by atoms with Crippen molar-refractivity contribution in [3.8, 4) is 5.88 Å². The van der Waals surface area contributed by atoms with Gasteiger partial charge in [-0.2, -0.15) is 0 Å². The standard InChI is InChI=1S/C17H20BrN3O/c18-16-6-2-1-5-15(16)12-21-9-3-4-14(11-21)13-22-17-10-19-7-8-20-17/h1-2,5-8,10,14H,3-4,9,11-13H2. The van der Waals surface area contributed by atoms with E-state index in [0.29, 0.717) is 18.4 Å². The Labute approximate surface area is 139 Å². The number of rotatable bonds is 5. The predicted molar refractivity (Wildman–Crippen MR) is 89.7 cm³/mol. The van der Waals surface area contributed by atoms with Crippen molar-refractivity contribution in [3.05, 3.63) is 52.9 Å². The summed E-state index contributed by atoms with van der Waals surface area (Å²) >= 11 is 3.63. The van der Waals surface area contributed by atoms with Gasteiger partial charge in [0.05, 0.1) is 12.8 Å². The Morgan fingerprint density at radius 1 is 1.27 bits per heavy atom. The molecular weight excluding hydrogens is 342 g/mol. The molecule has 0 saturated carbocycles. The van der Waals surface area contributed by atoms with E-state index in [4.69, 9.17) is 4.74 Å². The zero-order chi connectivity index (χ0) is 15.2. The van der Waals surface area contributed by atoms with Gasteiger partial charge in [-0.05, 0) is 31.0 Å². The van der Waals surface area contributed by atoms with Crippen molar-refractivity contribution in [1.29, 1.82) is 0 Å². The summed E-state index contributed by atoms with van der Waals surface area (Å²) in [5.74, 6) is 1.17. The number of halogens is 1. The Hall–Kier alpha value is -1.46. The van der Waals surface area contributed by atoms with E-state index in [2.05, 4.69) is 55.1 Å². The first-order valence-corrected chi connectivity index (χ1v) is 8.45. The molecule has 1 saturated heterocycles. The predicted octanol–water partition coefficient (Wildman–Crippen LogP) is 3.53. The molecule has 2 aromatic rings. The zero-order valence-corrected chi connectivity index (χ0v) is 14.1. The molecule has 0 spiro atoms. The lowest BCUT2D eigenvalue weighted by Gasteiger charge is -2.32. The molecular formula is C17H20BrN3O. The SMILES string of the molecule is Brc1ccccc1CN1CCCC(COc2cnccn2)C1. The number of likely N-dealkylation sites (tertiary alicyclic amines) is 1. The number of benzene rings is 1. The third-order valence-corrected chi connectivity index (χ3v) is 4.73. The van der Waals surface area contributed by atoms with Gasteiger partial charge >= 0.3 is 0 Å². The molecule has 116 valence electrons. The molecule has 1 atom stereocenters. The smallest absolute Gasteiger partial charge is 0.232 e. The molecule has 0 amide bonds. The van der Waals surface area contributed by atoms with E-state index in [1.54, 1.807) is 18.6 Å². The monoisotopic (exact) mass is 361 g/mol. The van der Waals surface area contributed by atoms with Gasteiger partial charge < -0.3 is 4.74 Å². The van der Waals surface area contributed by atoms with Crippen LogP contribution in [0.3, 0.4) is 0 Å². The van der Waals surface area contributed by atoms with Gasteiger partial charge in [0.15, 0.2) is 0 Å². The van der Waals surface area contributed by atoms with Gasteiger partial charge in [0.1, 0.15) is 0 Å². The van der Waals surface area contributed by atoms with Crippen molar-refractivity contribution in [3.63, 3.8) is 0 Å². The van der Waals surface area contributed by atoms with Gasteiger partial charge in [0.2, 0.25) is 5.88 Å². The van der Waals surface area contributed by atoms with Crippen molar-refractivity contribution in [2.24, 2.45) is 5.92 Å². The van der Waals surface area contributed by atoms with Crippen molar-refractivity contribution in [1.82, 2.24) is 14.9 Å². The van der Waals surface area contributed by atoms with Crippen LogP contribution in [0.15, 0.2) is 47.3 Å². The van der Waals surface area contributed by atoms with Crippen LogP contribution in [0.5, 0.6) is 5.88 Å². The van der Waals surface area contributed by atoms with Gasteiger partial charge in [-0.25, -0.2) is 4.98 Å². The Morgan fingerprint density at radius 3 is 3.00 bits per heavy atom. The summed E-state index contributed by atoms with van der Waals surface area (Å²) in [6.45, 7) is 3.93. The van der Waals surface area contributed by atoms with Crippen LogP contribution in [0.25, 0.3) is 0 Å². The molecule has 0 aliphatic carbocycles. The van der Waals surface area contributed by atoms with Gasteiger partial charge in [-0.1, -0.05) is 34.1 Å². The molecule has 1 aromatic carbocycles. The van der Waals surface area contributed by atoms with Crippen molar-refractivity contribution < 1.29 is 4.74 Å². The fourth-order valence-electron chi connectivity index (χ4n) is 2.86. The minimum atomic E-state index is 0.554. The van der Waals surface area contributed by atoms with E-state index in [-0.39, 0.29) is 0 Å². The first kappa shape index (κ1) is 15.4. The Morgan fingerprint density at radius 2 is 2.18 bits per heavy atom. The highest BCUT2D eigenvalue weighted by atomic mass is 79.9. The first-order chi connectivity index (χ1) is 10.8.